The van der Waals surface area contributed by atoms with Crippen molar-refractivity contribution in [3.63, 3.8) is 0 Å². The largest absolute Gasteiger partial charge is 0.344 e. The van der Waals surface area contributed by atoms with E-state index in [1.807, 2.05) is 4.90 Å². The number of hydrogen-bond acceptors (Lipinski definition) is 4. The van der Waals surface area contributed by atoms with E-state index in [9.17, 15) is 18.4 Å². The summed E-state index contributed by atoms with van der Waals surface area (Å²) in [4.78, 5) is 28.3. The van der Waals surface area contributed by atoms with Gasteiger partial charge in [-0.2, -0.15) is 5.10 Å². The zero-order valence-electron chi connectivity index (χ0n) is 16.0. The van der Waals surface area contributed by atoms with Gasteiger partial charge in [0.1, 0.15) is 17.3 Å². The molecule has 0 atom stereocenters. The lowest BCUT2D eigenvalue weighted by Crippen LogP contribution is -2.51. The lowest BCUT2D eigenvalue weighted by Gasteiger charge is -2.34. The number of carbonyl (C=O) groups is 2. The van der Waals surface area contributed by atoms with Crippen LogP contribution in [0.1, 0.15) is 10.4 Å². The Kier molecular flexibility index (Phi) is 6.24. The second-order valence-corrected chi connectivity index (χ2v) is 6.74. The number of aryl methyl sites for hydroxylation is 1. The summed E-state index contributed by atoms with van der Waals surface area (Å²) >= 11 is 0. The van der Waals surface area contributed by atoms with Gasteiger partial charge < -0.3 is 10.2 Å². The van der Waals surface area contributed by atoms with Crippen molar-refractivity contribution in [2.45, 2.75) is 0 Å². The fraction of sp³-hybridized carbons (Fsp3) is 0.350. The fourth-order valence-corrected chi connectivity index (χ4v) is 3.21. The summed E-state index contributed by atoms with van der Waals surface area (Å²) in [5.41, 5.74) is 0.489. The first-order chi connectivity index (χ1) is 13.9. The lowest BCUT2D eigenvalue weighted by atomic mass is 10.1. The average Bonchev–Trinajstić information content (AvgIpc) is 3.07. The Bertz CT molecular complexity index is 958. The molecule has 0 radical (unpaired) electrons. The number of piperazine rings is 1. The van der Waals surface area contributed by atoms with Crippen molar-refractivity contribution in [1.82, 2.24) is 24.9 Å². The molecule has 7 nitrogen and oxygen atoms in total. The second-order valence-electron chi connectivity index (χ2n) is 6.74. The highest BCUT2D eigenvalue weighted by atomic mass is 19.1. The van der Waals surface area contributed by atoms with Gasteiger partial charge in [-0.1, -0.05) is 5.92 Å². The standard InChI is InChI=1S/C20H21F2N5O2/c1-3-6-23-18(28)13-26-7-9-27(10-8-26)20(29)16-12-25(2)24-19(16)15-5-4-14(21)11-17(15)22/h1,4-5,11-12H,6-10,13H2,2H3,(H,23,28). The Labute approximate surface area is 167 Å². The summed E-state index contributed by atoms with van der Waals surface area (Å²) < 4.78 is 28.9. The van der Waals surface area contributed by atoms with Crippen LogP contribution in [0.3, 0.4) is 0 Å². The Balaban J connectivity index is 1.69. The summed E-state index contributed by atoms with van der Waals surface area (Å²) in [6.45, 7) is 2.28. The topological polar surface area (TPSA) is 70.5 Å². The maximum atomic E-state index is 14.2. The van der Waals surface area contributed by atoms with E-state index in [2.05, 4.69) is 16.3 Å². The van der Waals surface area contributed by atoms with E-state index in [4.69, 9.17) is 6.42 Å². The number of halogens is 2. The molecule has 1 aliphatic heterocycles. The van der Waals surface area contributed by atoms with Crippen LogP contribution in [0.2, 0.25) is 0 Å². The molecule has 1 aromatic carbocycles. The lowest BCUT2D eigenvalue weighted by molar-refractivity contribution is -0.122. The molecule has 29 heavy (non-hydrogen) atoms. The van der Waals surface area contributed by atoms with Gasteiger partial charge in [-0.15, -0.1) is 6.42 Å². The molecule has 0 bridgehead atoms. The van der Waals surface area contributed by atoms with E-state index in [1.54, 1.807) is 11.9 Å². The van der Waals surface area contributed by atoms with Gasteiger partial charge in [-0.3, -0.25) is 19.2 Å². The number of rotatable bonds is 5. The van der Waals surface area contributed by atoms with Gasteiger partial charge >= 0.3 is 0 Å². The zero-order valence-corrected chi connectivity index (χ0v) is 16.0. The normalized spacial score (nSPS) is 14.5. The van der Waals surface area contributed by atoms with E-state index in [-0.39, 0.29) is 41.7 Å². The minimum absolute atomic E-state index is 0.0687. The molecule has 0 spiro atoms. The summed E-state index contributed by atoms with van der Waals surface area (Å²) in [6.07, 6.45) is 6.65. The number of carbonyl (C=O) groups excluding carboxylic acids is 2. The van der Waals surface area contributed by atoms with Gasteiger partial charge in [0.2, 0.25) is 5.91 Å². The van der Waals surface area contributed by atoms with E-state index in [0.29, 0.717) is 26.2 Å². The molecular formula is C20H21F2N5O2. The van der Waals surface area contributed by atoms with Gasteiger partial charge in [-0.25, -0.2) is 8.78 Å². The predicted molar refractivity (Wildman–Crippen MR) is 103 cm³/mol. The molecule has 2 heterocycles. The SMILES string of the molecule is C#CCNC(=O)CN1CCN(C(=O)c2cn(C)nc2-c2ccc(F)cc2F)CC1. The van der Waals surface area contributed by atoms with E-state index < -0.39 is 11.6 Å². The molecule has 1 aromatic heterocycles. The maximum Gasteiger partial charge on any atom is 0.257 e. The van der Waals surface area contributed by atoms with E-state index in [1.165, 1.54) is 16.9 Å². The highest BCUT2D eigenvalue weighted by Gasteiger charge is 2.27. The molecule has 3 rings (SSSR count). The summed E-state index contributed by atoms with van der Waals surface area (Å²) in [5.74, 6) is 0.424. The summed E-state index contributed by atoms with van der Waals surface area (Å²) in [6, 6.07) is 3.17. The molecule has 1 fully saturated rings. The molecule has 2 aromatic rings. The number of aromatic nitrogens is 2. The third kappa shape index (κ3) is 4.78. The van der Waals surface area contributed by atoms with E-state index >= 15 is 0 Å². The molecule has 2 amide bonds. The third-order valence-electron chi connectivity index (χ3n) is 4.66. The van der Waals surface area contributed by atoms with Gasteiger partial charge in [0, 0.05) is 51.1 Å². The van der Waals surface area contributed by atoms with Crippen molar-refractivity contribution in [3.8, 4) is 23.6 Å². The first-order valence-corrected chi connectivity index (χ1v) is 9.10. The van der Waals surface area contributed by atoms with Crippen molar-refractivity contribution in [2.75, 3.05) is 39.3 Å². The summed E-state index contributed by atoms with van der Waals surface area (Å²) in [5, 5.41) is 6.80. The van der Waals surface area contributed by atoms with Gasteiger partial charge in [-0.05, 0) is 12.1 Å². The monoisotopic (exact) mass is 401 g/mol. The molecule has 1 N–H and O–H groups in total. The van der Waals surface area contributed by atoms with Gasteiger partial charge in [0.05, 0.1) is 18.7 Å². The average molecular weight is 401 g/mol. The molecule has 0 saturated carbocycles. The van der Waals surface area contributed by atoms with Crippen molar-refractivity contribution in [1.29, 1.82) is 0 Å². The van der Waals surface area contributed by atoms with Crippen LogP contribution in [0.25, 0.3) is 11.3 Å². The first kappa shape index (κ1) is 20.5. The molecule has 9 heteroatoms. The van der Waals surface area contributed by atoms with E-state index in [0.717, 1.165) is 12.1 Å². The van der Waals surface area contributed by atoms with Crippen molar-refractivity contribution in [2.24, 2.45) is 7.05 Å². The second kappa shape index (κ2) is 8.84. The molecule has 0 aliphatic carbocycles. The Hall–Kier alpha value is -3.25. The predicted octanol–water partition coefficient (Wildman–Crippen LogP) is 0.873. The number of benzene rings is 1. The van der Waals surface area contributed by atoms with Crippen LogP contribution in [0.15, 0.2) is 24.4 Å². The number of nitrogens with one attached hydrogen (secondary N) is 1. The van der Waals surface area contributed by atoms with Crippen molar-refractivity contribution < 1.29 is 18.4 Å². The quantitative estimate of drug-likeness (QED) is 0.755. The minimum Gasteiger partial charge on any atom is -0.344 e. The van der Waals surface area contributed by atoms with Crippen LogP contribution in [0.4, 0.5) is 8.78 Å². The summed E-state index contributed by atoms with van der Waals surface area (Å²) in [7, 11) is 1.63. The van der Waals surface area contributed by atoms with Crippen molar-refractivity contribution >= 4 is 11.8 Å². The van der Waals surface area contributed by atoms with Gasteiger partial charge in [0.25, 0.3) is 5.91 Å². The van der Waals surface area contributed by atoms with Crippen LogP contribution in [0.5, 0.6) is 0 Å². The maximum absolute atomic E-state index is 14.2. The fourth-order valence-electron chi connectivity index (χ4n) is 3.21. The molecule has 1 aliphatic rings. The first-order valence-electron chi connectivity index (χ1n) is 9.10. The number of terminal acetylenes is 1. The number of hydrogen-bond donors (Lipinski definition) is 1. The molecular weight excluding hydrogens is 380 g/mol. The van der Waals surface area contributed by atoms with Crippen LogP contribution >= 0.6 is 0 Å². The molecule has 0 unspecified atom stereocenters. The van der Waals surface area contributed by atoms with Crippen molar-refractivity contribution in [3.05, 3.63) is 41.6 Å². The zero-order chi connectivity index (χ0) is 21.0. The molecule has 1 saturated heterocycles. The van der Waals surface area contributed by atoms with Crippen LogP contribution in [0, 0.1) is 24.0 Å². The van der Waals surface area contributed by atoms with Gasteiger partial charge in [0.15, 0.2) is 0 Å². The number of nitrogens with zero attached hydrogens (tertiary/aromatic N) is 4. The van der Waals surface area contributed by atoms with Crippen LogP contribution in [-0.2, 0) is 11.8 Å². The van der Waals surface area contributed by atoms with Crippen LogP contribution < -0.4 is 5.32 Å². The number of amides is 2. The minimum atomic E-state index is -0.777. The Morgan fingerprint density at radius 3 is 2.62 bits per heavy atom. The highest BCUT2D eigenvalue weighted by Crippen LogP contribution is 2.26. The van der Waals surface area contributed by atoms with Crippen LogP contribution in [-0.4, -0.2) is 70.7 Å². The highest BCUT2D eigenvalue weighted by molar-refractivity contribution is 6.00. The molecule has 152 valence electrons. The third-order valence-corrected chi connectivity index (χ3v) is 4.66. The smallest absolute Gasteiger partial charge is 0.257 e. The Morgan fingerprint density at radius 2 is 1.97 bits per heavy atom. The Morgan fingerprint density at radius 1 is 1.24 bits per heavy atom.